The molecule has 37 heavy (non-hydrogen) atoms. The molecule has 4 aliphatic rings. The third kappa shape index (κ3) is 3.70. The molecule has 3 aromatic heterocycles. The van der Waals surface area contributed by atoms with Crippen molar-refractivity contribution >= 4 is 28.7 Å². The summed E-state index contributed by atoms with van der Waals surface area (Å²) in [6.45, 7) is 7.01. The lowest BCUT2D eigenvalue weighted by Gasteiger charge is -2.56. The molecule has 3 unspecified atom stereocenters. The number of aliphatic imine (C=N–C) groups is 1. The van der Waals surface area contributed by atoms with Crippen LogP contribution in [0.1, 0.15) is 38.8 Å². The van der Waals surface area contributed by atoms with Gasteiger partial charge < -0.3 is 16.0 Å². The highest BCUT2D eigenvalue weighted by atomic mass is 32.1. The van der Waals surface area contributed by atoms with Crippen LogP contribution >= 0.6 is 11.3 Å². The van der Waals surface area contributed by atoms with Gasteiger partial charge in [-0.15, -0.1) is 11.3 Å². The minimum atomic E-state index is -0.957. The smallest absolute Gasteiger partial charge is 0.204 e. The fourth-order valence-corrected chi connectivity index (χ4v) is 6.63. The second-order valence-electron chi connectivity index (χ2n) is 10.2. The monoisotopic (exact) mass is 511 g/mol. The Morgan fingerprint density at radius 3 is 2.62 bits per heavy atom. The summed E-state index contributed by atoms with van der Waals surface area (Å²) < 4.78 is 0. The van der Waals surface area contributed by atoms with E-state index in [1.807, 2.05) is 49.6 Å². The maximum Gasteiger partial charge on any atom is 0.204 e. The van der Waals surface area contributed by atoms with E-state index in [1.54, 1.807) is 11.3 Å². The first-order chi connectivity index (χ1) is 18.0. The number of rotatable bonds is 5. The summed E-state index contributed by atoms with van der Waals surface area (Å²) in [7, 11) is 0. The molecule has 188 valence electrons. The molecule has 7 heterocycles. The Morgan fingerprint density at radius 2 is 1.92 bits per heavy atom. The SMILES string of the molecule is Cc1cc(C2(c3ccc(N4CC5CC(C4)N5Cc4ncc(C)s4)nc3)N=C(N)c3ccccc3N2)n[nH]1. The first kappa shape index (κ1) is 22.4. The Morgan fingerprint density at radius 1 is 1.08 bits per heavy atom. The van der Waals surface area contributed by atoms with E-state index in [-0.39, 0.29) is 0 Å². The average Bonchev–Trinajstić information content (AvgIpc) is 3.55. The second-order valence-corrected chi connectivity index (χ2v) is 11.5. The number of H-pyrrole nitrogens is 1. The van der Waals surface area contributed by atoms with Crippen molar-refractivity contribution in [3.8, 4) is 0 Å². The Bertz CT molecular complexity index is 1480. The van der Waals surface area contributed by atoms with Gasteiger partial charge in [-0.25, -0.2) is 15.0 Å². The van der Waals surface area contributed by atoms with Crippen molar-refractivity contribution in [2.24, 2.45) is 10.7 Å². The molecular formula is C27H29N9S. The molecule has 3 fully saturated rings. The number of nitrogens with zero attached hydrogens (tertiary/aromatic N) is 6. The van der Waals surface area contributed by atoms with Crippen LogP contribution in [-0.4, -0.2) is 56.1 Å². The van der Waals surface area contributed by atoms with E-state index in [1.165, 1.54) is 16.3 Å². The number of amidine groups is 1. The van der Waals surface area contributed by atoms with Gasteiger partial charge >= 0.3 is 0 Å². The van der Waals surface area contributed by atoms with E-state index >= 15 is 0 Å². The number of anilines is 2. The number of fused-ring (bicyclic) bond motifs is 3. The molecule has 10 heteroatoms. The van der Waals surface area contributed by atoms with Crippen LogP contribution in [0.3, 0.4) is 0 Å². The van der Waals surface area contributed by atoms with Gasteiger partial charge in [0.2, 0.25) is 5.66 Å². The number of benzene rings is 1. The maximum absolute atomic E-state index is 6.47. The molecule has 3 atom stereocenters. The highest BCUT2D eigenvalue weighted by molar-refractivity contribution is 7.11. The molecule has 1 aromatic carbocycles. The van der Waals surface area contributed by atoms with E-state index in [0.29, 0.717) is 17.9 Å². The predicted octanol–water partition coefficient (Wildman–Crippen LogP) is 3.37. The van der Waals surface area contributed by atoms with Crippen LogP contribution in [0.2, 0.25) is 0 Å². The zero-order valence-corrected chi connectivity index (χ0v) is 21.7. The summed E-state index contributed by atoms with van der Waals surface area (Å²) in [6.07, 6.45) is 5.13. The number of aryl methyl sites for hydroxylation is 2. The summed E-state index contributed by atoms with van der Waals surface area (Å²) in [5, 5.41) is 12.5. The number of nitrogens with one attached hydrogen (secondary N) is 2. The summed E-state index contributed by atoms with van der Waals surface area (Å²) in [4.78, 5) is 20.7. The molecule has 4 aliphatic heterocycles. The first-order valence-electron chi connectivity index (χ1n) is 12.6. The zero-order valence-electron chi connectivity index (χ0n) is 20.8. The summed E-state index contributed by atoms with van der Waals surface area (Å²) in [5.41, 5.74) is 9.93. The van der Waals surface area contributed by atoms with Gasteiger partial charge in [0.05, 0.1) is 6.54 Å². The molecular weight excluding hydrogens is 482 g/mol. The van der Waals surface area contributed by atoms with Gasteiger partial charge in [-0.3, -0.25) is 10.00 Å². The Labute approximate surface area is 219 Å². The number of piperazine rings is 1. The van der Waals surface area contributed by atoms with Gasteiger partial charge in [0, 0.05) is 65.0 Å². The van der Waals surface area contributed by atoms with Crippen LogP contribution in [0.25, 0.3) is 0 Å². The van der Waals surface area contributed by atoms with Gasteiger partial charge in [0.1, 0.15) is 22.4 Å². The standard InChI is InChI=1S/C27H29N9S/c1-16-9-23(34-33-16)27(31-22-6-4-3-5-21(22)26(28)32-27)18-7-8-24(29-12-18)35-13-19-10-20(14-35)36(19)15-25-30-11-17(2)37-25/h3-9,11-12,19-20,31H,10,13-15H2,1-2H3,(H2,28,32)(H,33,34). The second kappa shape index (κ2) is 8.39. The van der Waals surface area contributed by atoms with E-state index < -0.39 is 5.66 Å². The van der Waals surface area contributed by atoms with Crippen LogP contribution in [0, 0.1) is 13.8 Å². The fourth-order valence-electron chi connectivity index (χ4n) is 5.84. The Hall–Kier alpha value is -3.76. The predicted molar refractivity (Wildman–Crippen MR) is 146 cm³/mol. The Balaban J connectivity index is 1.15. The van der Waals surface area contributed by atoms with Crippen LogP contribution in [0.5, 0.6) is 0 Å². The van der Waals surface area contributed by atoms with E-state index in [0.717, 1.165) is 53.7 Å². The van der Waals surface area contributed by atoms with E-state index in [4.69, 9.17) is 15.7 Å². The summed E-state index contributed by atoms with van der Waals surface area (Å²) >= 11 is 1.80. The number of hydrogen-bond acceptors (Lipinski definition) is 9. The topological polar surface area (TPSA) is 111 Å². The lowest BCUT2D eigenvalue weighted by Crippen LogP contribution is -2.68. The van der Waals surface area contributed by atoms with Crippen LogP contribution < -0.4 is 16.0 Å². The van der Waals surface area contributed by atoms with Gasteiger partial charge in [-0.05, 0) is 50.6 Å². The minimum Gasteiger partial charge on any atom is -0.383 e. The van der Waals surface area contributed by atoms with Gasteiger partial charge in [0.25, 0.3) is 0 Å². The zero-order chi connectivity index (χ0) is 25.1. The number of aromatic nitrogens is 4. The molecule has 4 aromatic rings. The summed E-state index contributed by atoms with van der Waals surface area (Å²) in [6, 6.07) is 15.2. The third-order valence-electron chi connectivity index (χ3n) is 7.70. The average molecular weight is 512 g/mol. The highest BCUT2D eigenvalue weighted by Crippen LogP contribution is 2.40. The van der Waals surface area contributed by atoms with Crippen molar-refractivity contribution in [3.05, 3.63) is 87.3 Å². The summed E-state index contributed by atoms with van der Waals surface area (Å²) in [5.74, 6) is 1.47. The van der Waals surface area contributed by atoms with E-state index in [9.17, 15) is 0 Å². The molecule has 0 aliphatic carbocycles. The molecule has 4 N–H and O–H groups in total. The number of hydrogen-bond donors (Lipinski definition) is 3. The van der Waals surface area contributed by atoms with Crippen molar-refractivity contribution in [1.29, 1.82) is 0 Å². The Kier molecular flexibility index (Phi) is 5.09. The van der Waals surface area contributed by atoms with Crippen molar-refractivity contribution in [3.63, 3.8) is 0 Å². The van der Waals surface area contributed by atoms with Gasteiger partial charge in [-0.1, -0.05) is 12.1 Å². The molecule has 0 saturated carbocycles. The molecule has 0 radical (unpaired) electrons. The quantitative estimate of drug-likeness (QED) is 0.377. The number of piperidine rings is 1. The van der Waals surface area contributed by atoms with Crippen molar-refractivity contribution < 1.29 is 0 Å². The number of pyridine rings is 1. The molecule has 9 nitrogen and oxygen atoms in total. The lowest BCUT2D eigenvalue weighted by molar-refractivity contribution is -0.00872. The van der Waals surface area contributed by atoms with Gasteiger partial charge in [0.15, 0.2) is 0 Å². The number of nitrogens with two attached hydrogens (primary N) is 1. The normalized spacial score (nSPS) is 24.7. The molecule has 0 spiro atoms. The molecule has 8 rings (SSSR count). The first-order valence-corrected chi connectivity index (χ1v) is 13.4. The van der Waals surface area contributed by atoms with E-state index in [2.05, 4.69) is 49.4 Å². The van der Waals surface area contributed by atoms with Crippen molar-refractivity contribution in [2.75, 3.05) is 23.3 Å². The largest absolute Gasteiger partial charge is 0.383 e. The maximum atomic E-state index is 6.47. The minimum absolute atomic E-state index is 0.478. The highest BCUT2D eigenvalue weighted by Gasteiger charge is 2.45. The fraction of sp³-hybridized carbons (Fsp3) is 0.333. The molecule has 0 amide bonds. The van der Waals surface area contributed by atoms with Crippen molar-refractivity contribution in [2.45, 2.75) is 44.6 Å². The van der Waals surface area contributed by atoms with Crippen LogP contribution in [-0.2, 0) is 12.2 Å². The lowest BCUT2D eigenvalue weighted by atomic mass is 9.87. The molecule has 2 bridgehead atoms. The van der Waals surface area contributed by atoms with Crippen LogP contribution in [0.4, 0.5) is 11.5 Å². The number of thiazole rings is 1. The third-order valence-corrected chi connectivity index (χ3v) is 8.60. The van der Waals surface area contributed by atoms with Crippen molar-refractivity contribution in [1.82, 2.24) is 25.1 Å². The number of para-hydroxylation sites is 1. The molecule has 3 saturated heterocycles. The number of aromatic amines is 1. The van der Waals surface area contributed by atoms with Gasteiger partial charge in [-0.2, -0.15) is 5.10 Å². The van der Waals surface area contributed by atoms with Crippen LogP contribution in [0.15, 0.2) is 59.9 Å².